The molecule has 2 rings (SSSR count). The van der Waals surface area contributed by atoms with Gasteiger partial charge in [0.25, 0.3) is 0 Å². The molecule has 0 fully saturated rings. The number of nitrogens with zero attached hydrogens (tertiary/aromatic N) is 2. The van der Waals surface area contributed by atoms with Crippen molar-refractivity contribution in [2.75, 3.05) is 11.9 Å². The molecule has 0 aliphatic heterocycles. The van der Waals surface area contributed by atoms with Gasteiger partial charge in [-0.1, -0.05) is 38.1 Å². The van der Waals surface area contributed by atoms with E-state index in [9.17, 15) is 0 Å². The van der Waals surface area contributed by atoms with Crippen LogP contribution in [-0.4, -0.2) is 18.1 Å². The first-order valence-corrected chi connectivity index (χ1v) is 7.50. The third-order valence-corrected chi connectivity index (χ3v) is 3.53. The van der Waals surface area contributed by atoms with Gasteiger partial charge in [0.1, 0.15) is 0 Å². The van der Waals surface area contributed by atoms with Gasteiger partial charge in [0.2, 0.25) is 0 Å². The van der Waals surface area contributed by atoms with Crippen molar-refractivity contribution in [2.24, 2.45) is 0 Å². The van der Waals surface area contributed by atoms with Crippen LogP contribution in [-0.2, 0) is 13.1 Å². The summed E-state index contributed by atoms with van der Waals surface area (Å²) in [6, 6.07) is 13.2. The third kappa shape index (κ3) is 4.57. The number of hydrogen-bond acceptors (Lipinski definition) is 3. The van der Waals surface area contributed by atoms with Crippen molar-refractivity contribution in [1.29, 1.82) is 0 Å². The summed E-state index contributed by atoms with van der Waals surface area (Å²) in [5.41, 5.74) is 4.86. The molecule has 21 heavy (non-hydrogen) atoms. The number of aryl methyl sites for hydroxylation is 1. The Balaban J connectivity index is 1.98. The molecule has 2 aromatic rings. The van der Waals surface area contributed by atoms with Gasteiger partial charge in [0.15, 0.2) is 0 Å². The van der Waals surface area contributed by atoms with Gasteiger partial charge in [0, 0.05) is 31.5 Å². The van der Waals surface area contributed by atoms with Crippen LogP contribution in [0.1, 0.15) is 30.7 Å². The maximum Gasteiger partial charge on any atom is 0.0598 e. The highest BCUT2D eigenvalue weighted by Gasteiger charge is 2.05. The Morgan fingerprint density at radius 3 is 2.52 bits per heavy atom. The molecule has 0 saturated carbocycles. The molecule has 0 atom stereocenters. The van der Waals surface area contributed by atoms with E-state index in [0.29, 0.717) is 6.04 Å². The average molecular weight is 283 g/mol. The van der Waals surface area contributed by atoms with Crippen LogP contribution in [0.15, 0.2) is 42.6 Å². The highest BCUT2D eigenvalue weighted by atomic mass is 15.1. The molecule has 0 amide bonds. The van der Waals surface area contributed by atoms with E-state index in [2.05, 4.69) is 79.4 Å². The zero-order valence-corrected chi connectivity index (χ0v) is 13.4. The molecule has 0 bridgehead atoms. The summed E-state index contributed by atoms with van der Waals surface area (Å²) in [4.78, 5) is 6.81. The Kier molecular flexibility index (Phi) is 5.34. The lowest BCUT2D eigenvalue weighted by Crippen LogP contribution is -2.22. The number of aromatic nitrogens is 1. The van der Waals surface area contributed by atoms with E-state index in [1.807, 2.05) is 6.20 Å². The van der Waals surface area contributed by atoms with Crippen molar-refractivity contribution in [3.05, 3.63) is 59.4 Å². The highest BCUT2D eigenvalue weighted by molar-refractivity contribution is 5.52. The molecule has 1 aromatic heterocycles. The van der Waals surface area contributed by atoms with E-state index in [1.165, 1.54) is 16.8 Å². The predicted molar refractivity (Wildman–Crippen MR) is 89.5 cm³/mol. The number of rotatable bonds is 6. The smallest absolute Gasteiger partial charge is 0.0598 e. The molecule has 1 N–H and O–H groups in total. The van der Waals surface area contributed by atoms with Crippen molar-refractivity contribution >= 4 is 5.69 Å². The second kappa shape index (κ2) is 7.23. The molecule has 3 nitrogen and oxygen atoms in total. The Labute approximate surface area is 128 Å². The topological polar surface area (TPSA) is 28.2 Å². The van der Waals surface area contributed by atoms with E-state index in [0.717, 1.165) is 18.8 Å². The van der Waals surface area contributed by atoms with Crippen LogP contribution in [0.5, 0.6) is 0 Å². The summed E-state index contributed by atoms with van der Waals surface area (Å²) < 4.78 is 0. The summed E-state index contributed by atoms with van der Waals surface area (Å²) in [7, 11) is 2.11. The molecule has 0 saturated heterocycles. The number of benzene rings is 1. The molecule has 1 aromatic carbocycles. The van der Waals surface area contributed by atoms with Gasteiger partial charge in [0.05, 0.1) is 12.2 Å². The number of anilines is 1. The lowest BCUT2D eigenvalue weighted by atomic mass is 10.2. The largest absolute Gasteiger partial charge is 0.368 e. The van der Waals surface area contributed by atoms with Crippen molar-refractivity contribution in [3.8, 4) is 0 Å². The van der Waals surface area contributed by atoms with Crippen LogP contribution in [0.3, 0.4) is 0 Å². The SMILES string of the molecule is Cc1ccccc1N(C)Cc1ccc(CNC(C)C)cn1. The van der Waals surface area contributed by atoms with Crippen LogP contribution in [0, 0.1) is 6.92 Å². The Morgan fingerprint density at radius 1 is 1.14 bits per heavy atom. The number of para-hydroxylation sites is 1. The van der Waals surface area contributed by atoms with Gasteiger partial charge in [-0.3, -0.25) is 4.98 Å². The lowest BCUT2D eigenvalue weighted by Gasteiger charge is -2.21. The summed E-state index contributed by atoms with van der Waals surface area (Å²) >= 11 is 0. The molecule has 0 aliphatic rings. The molecule has 0 radical (unpaired) electrons. The molecule has 0 unspecified atom stereocenters. The molecular formula is C18H25N3. The molecule has 0 spiro atoms. The lowest BCUT2D eigenvalue weighted by molar-refractivity contribution is 0.587. The van der Waals surface area contributed by atoms with Crippen LogP contribution >= 0.6 is 0 Å². The Bertz CT molecular complexity index is 561. The fourth-order valence-corrected chi connectivity index (χ4v) is 2.30. The number of pyridine rings is 1. The minimum absolute atomic E-state index is 0.497. The van der Waals surface area contributed by atoms with E-state index in [4.69, 9.17) is 0 Å². The minimum Gasteiger partial charge on any atom is -0.368 e. The van der Waals surface area contributed by atoms with Gasteiger partial charge in [-0.15, -0.1) is 0 Å². The average Bonchev–Trinajstić information content (AvgIpc) is 2.47. The zero-order valence-electron chi connectivity index (χ0n) is 13.4. The van der Waals surface area contributed by atoms with Gasteiger partial charge in [-0.2, -0.15) is 0 Å². The second-order valence-corrected chi connectivity index (χ2v) is 5.84. The first-order valence-electron chi connectivity index (χ1n) is 7.50. The summed E-state index contributed by atoms with van der Waals surface area (Å²) in [5, 5.41) is 3.40. The molecular weight excluding hydrogens is 258 g/mol. The Hall–Kier alpha value is -1.87. The third-order valence-electron chi connectivity index (χ3n) is 3.53. The van der Waals surface area contributed by atoms with Gasteiger partial charge in [-0.05, 0) is 30.2 Å². The monoisotopic (exact) mass is 283 g/mol. The fraction of sp³-hybridized carbons (Fsp3) is 0.389. The molecule has 1 heterocycles. The molecule has 3 heteroatoms. The maximum absolute atomic E-state index is 4.57. The summed E-state index contributed by atoms with van der Waals surface area (Å²) in [5.74, 6) is 0. The van der Waals surface area contributed by atoms with Crippen LogP contribution in [0.4, 0.5) is 5.69 Å². The van der Waals surface area contributed by atoms with Crippen LogP contribution in [0.25, 0.3) is 0 Å². The van der Waals surface area contributed by atoms with E-state index in [-0.39, 0.29) is 0 Å². The number of hydrogen-bond donors (Lipinski definition) is 1. The predicted octanol–water partition coefficient (Wildman–Crippen LogP) is 3.52. The van der Waals surface area contributed by atoms with E-state index in [1.54, 1.807) is 0 Å². The normalized spacial score (nSPS) is 10.9. The maximum atomic E-state index is 4.57. The standard InChI is InChI=1S/C18H25N3/c1-14(2)19-11-16-9-10-17(20-12-16)13-21(4)18-8-6-5-7-15(18)3/h5-10,12,14,19H,11,13H2,1-4H3. The molecule has 0 aliphatic carbocycles. The van der Waals surface area contributed by atoms with Crippen LogP contribution < -0.4 is 10.2 Å². The second-order valence-electron chi connectivity index (χ2n) is 5.84. The fourth-order valence-electron chi connectivity index (χ4n) is 2.30. The van der Waals surface area contributed by atoms with Crippen molar-refractivity contribution in [1.82, 2.24) is 10.3 Å². The number of nitrogens with one attached hydrogen (secondary N) is 1. The molecule has 112 valence electrons. The first kappa shape index (κ1) is 15.5. The summed E-state index contributed by atoms with van der Waals surface area (Å²) in [6.45, 7) is 8.14. The zero-order chi connectivity index (χ0) is 15.2. The van der Waals surface area contributed by atoms with Gasteiger partial charge in [-0.25, -0.2) is 0 Å². The minimum atomic E-state index is 0.497. The van der Waals surface area contributed by atoms with E-state index < -0.39 is 0 Å². The quantitative estimate of drug-likeness (QED) is 0.879. The van der Waals surface area contributed by atoms with E-state index >= 15 is 0 Å². The van der Waals surface area contributed by atoms with Crippen LogP contribution in [0.2, 0.25) is 0 Å². The van der Waals surface area contributed by atoms with Crippen molar-refractivity contribution in [3.63, 3.8) is 0 Å². The summed E-state index contributed by atoms with van der Waals surface area (Å²) in [6.07, 6.45) is 1.97. The first-order chi connectivity index (χ1) is 10.1. The van der Waals surface area contributed by atoms with Gasteiger partial charge >= 0.3 is 0 Å². The van der Waals surface area contributed by atoms with Gasteiger partial charge < -0.3 is 10.2 Å². The Morgan fingerprint density at radius 2 is 1.90 bits per heavy atom. The van der Waals surface area contributed by atoms with Crippen molar-refractivity contribution < 1.29 is 0 Å². The highest BCUT2D eigenvalue weighted by Crippen LogP contribution is 2.19. The van der Waals surface area contributed by atoms with Crippen molar-refractivity contribution in [2.45, 2.75) is 39.9 Å².